The number of benzene rings is 1. The lowest BCUT2D eigenvalue weighted by molar-refractivity contribution is -0.121. The summed E-state index contributed by atoms with van der Waals surface area (Å²) in [5.74, 6) is -0.127. The van der Waals surface area contributed by atoms with E-state index in [1.165, 1.54) is 4.88 Å². The summed E-state index contributed by atoms with van der Waals surface area (Å²) in [7, 11) is 0. The number of hydrogen-bond donors (Lipinski definition) is 1. The van der Waals surface area contributed by atoms with Crippen LogP contribution in [0.2, 0.25) is 5.02 Å². The molecule has 1 aliphatic rings. The van der Waals surface area contributed by atoms with Crippen molar-refractivity contribution in [3.05, 3.63) is 51.7 Å². The summed E-state index contributed by atoms with van der Waals surface area (Å²) in [6.07, 6.45) is 0.814. The lowest BCUT2D eigenvalue weighted by Crippen LogP contribution is -2.40. The van der Waals surface area contributed by atoms with Crippen molar-refractivity contribution in [2.24, 2.45) is 0 Å². The lowest BCUT2D eigenvalue weighted by Gasteiger charge is -2.18. The highest BCUT2D eigenvalue weighted by Crippen LogP contribution is 2.22. The number of carbonyl (C=O) groups excluding carboxylic acids is 2. The first-order valence-electron chi connectivity index (χ1n) is 7.74. The van der Waals surface area contributed by atoms with E-state index in [4.69, 9.17) is 11.6 Å². The molecule has 3 rings (SSSR count). The number of anilines is 1. The third kappa shape index (κ3) is 4.07. The van der Waals surface area contributed by atoms with Gasteiger partial charge in [-0.25, -0.2) is 4.79 Å². The van der Waals surface area contributed by atoms with Crippen molar-refractivity contribution in [2.75, 3.05) is 31.1 Å². The van der Waals surface area contributed by atoms with Crippen LogP contribution in [0.5, 0.6) is 0 Å². The molecule has 0 spiro atoms. The van der Waals surface area contributed by atoms with Crippen molar-refractivity contribution in [1.82, 2.24) is 10.2 Å². The van der Waals surface area contributed by atoms with E-state index in [0.29, 0.717) is 24.7 Å². The van der Waals surface area contributed by atoms with Gasteiger partial charge in [-0.1, -0.05) is 17.7 Å². The molecule has 3 amide bonds. The molecule has 2 aromatic rings. The predicted molar refractivity (Wildman–Crippen MR) is 96.8 cm³/mol. The van der Waals surface area contributed by atoms with E-state index in [1.54, 1.807) is 33.3 Å². The van der Waals surface area contributed by atoms with Crippen molar-refractivity contribution >= 4 is 40.6 Å². The first-order valence-corrected chi connectivity index (χ1v) is 9.00. The average Bonchev–Trinajstić information content (AvgIpc) is 3.20. The van der Waals surface area contributed by atoms with Crippen LogP contribution in [0.4, 0.5) is 10.5 Å². The van der Waals surface area contributed by atoms with Crippen LogP contribution >= 0.6 is 22.9 Å². The number of thiophene rings is 1. The highest BCUT2D eigenvalue weighted by atomic mass is 35.5. The standard InChI is InChI=1S/C17H18ClN3O2S/c18-13-3-5-14(6-4-13)21-10-9-20(17(21)23)12-16(22)19-8-7-15-2-1-11-24-15/h1-6,11H,7-10,12H2,(H,19,22). The summed E-state index contributed by atoms with van der Waals surface area (Å²) in [6, 6.07) is 11.0. The van der Waals surface area contributed by atoms with Gasteiger partial charge in [0.05, 0.1) is 0 Å². The number of nitrogens with one attached hydrogen (secondary N) is 1. The molecule has 126 valence electrons. The molecule has 0 aliphatic carbocycles. The molecule has 1 saturated heterocycles. The number of rotatable bonds is 6. The fraction of sp³-hybridized carbons (Fsp3) is 0.294. The minimum absolute atomic E-state index is 0.0906. The van der Waals surface area contributed by atoms with Crippen LogP contribution in [0.15, 0.2) is 41.8 Å². The Kier molecular flexibility index (Phi) is 5.37. The number of urea groups is 1. The van der Waals surface area contributed by atoms with Gasteiger partial charge in [0.2, 0.25) is 5.91 Å². The maximum atomic E-state index is 12.4. The number of nitrogens with zero attached hydrogens (tertiary/aromatic N) is 2. The summed E-state index contributed by atoms with van der Waals surface area (Å²) < 4.78 is 0. The van der Waals surface area contributed by atoms with E-state index in [9.17, 15) is 9.59 Å². The molecule has 1 N–H and O–H groups in total. The van der Waals surface area contributed by atoms with Gasteiger partial charge in [0.15, 0.2) is 0 Å². The highest BCUT2D eigenvalue weighted by Gasteiger charge is 2.30. The lowest BCUT2D eigenvalue weighted by atomic mass is 10.3. The second kappa shape index (κ2) is 7.68. The van der Waals surface area contributed by atoms with Crippen molar-refractivity contribution < 1.29 is 9.59 Å². The molecular formula is C17H18ClN3O2S. The highest BCUT2D eigenvalue weighted by molar-refractivity contribution is 7.09. The third-order valence-corrected chi connectivity index (χ3v) is 5.03. The van der Waals surface area contributed by atoms with Crippen LogP contribution in [0, 0.1) is 0 Å². The molecule has 0 bridgehead atoms. The molecule has 0 unspecified atom stereocenters. The Labute approximate surface area is 149 Å². The van der Waals surface area contributed by atoms with Crippen molar-refractivity contribution in [3.8, 4) is 0 Å². The van der Waals surface area contributed by atoms with E-state index >= 15 is 0 Å². The summed E-state index contributed by atoms with van der Waals surface area (Å²) in [4.78, 5) is 28.9. The Bertz CT molecular complexity index is 703. The Hall–Kier alpha value is -2.05. The summed E-state index contributed by atoms with van der Waals surface area (Å²) in [6.45, 7) is 1.79. The summed E-state index contributed by atoms with van der Waals surface area (Å²) >= 11 is 7.55. The largest absolute Gasteiger partial charge is 0.354 e. The molecular weight excluding hydrogens is 346 g/mol. The van der Waals surface area contributed by atoms with Gasteiger partial charge in [0.25, 0.3) is 0 Å². The predicted octanol–water partition coefficient (Wildman–Crippen LogP) is 3.00. The second-order valence-corrected chi connectivity index (χ2v) is 6.98. The fourth-order valence-electron chi connectivity index (χ4n) is 2.60. The smallest absolute Gasteiger partial charge is 0.325 e. The number of amides is 3. The van der Waals surface area contributed by atoms with Crippen molar-refractivity contribution in [1.29, 1.82) is 0 Å². The minimum atomic E-state index is -0.147. The topological polar surface area (TPSA) is 52.7 Å². The molecule has 24 heavy (non-hydrogen) atoms. The molecule has 1 aromatic carbocycles. The zero-order valence-electron chi connectivity index (χ0n) is 13.1. The Morgan fingerprint density at radius 1 is 1.21 bits per heavy atom. The van der Waals surface area contributed by atoms with Crippen molar-refractivity contribution in [3.63, 3.8) is 0 Å². The van der Waals surface area contributed by atoms with Crippen LogP contribution in [0.3, 0.4) is 0 Å². The Morgan fingerprint density at radius 2 is 2.00 bits per heavy atom. The molecule has 7 heteroatoms. The Morgan fingerprint density at radius 3 is 2.71 bits per heavy atom. The first kappa shape index (κ1) is 16.8. The normalized spacial score (nSPS) is 14.3. The number of carbonyl (C=O) groups is 2. The van der Waals surface area contributed by atoms with Gasteiger partial charge < -0.3 is 10.2 Å². The van der Waals surface area contributed by atoms with Crippen LogP contribution in [0.25, 0.3) is 0 Å². The Balaban J connectivity index is 1.48. The SMILES string of the molecule is O=C(CN1CCN(c2ccc(Cl)cc2)C1=O)NCCc1cccs1. The molecule has 0 atom stereocenters. The van der Waals surface area contributed by atoms with E-state index in [0.717, 1.165) is 12.1 Å². The maximum absolute atomic E-state index is 12.4. The maximum Gasteiger partial charge on any atom is 0.325 e. The van der Waals surface area contributed by atoms with Gasteiger partial charge in [0.1, 0.15) is 6.54 Å². The van der Waals surface area contributed by atoms with Crippen LogP contribution < -0.4 is 10.2 Å². The average molecular weight is 364 g/mol. The molecule has 1 fully saturated rings. The number of halogens is 1. The molecule has 2 heterocycles. The zero-order valence-corrected chi connectivity index (χ0v) is 14.6. The summed E-state index contributed by atoms with van der Waals surface area (Å²) in [5, 5.41) is 5.52. The molecule has 0 saturated carbocycles. The minimum Gasteiger partial charge on any atom is -0.354 e. The fourth-order valence-corrected chi connectivity index (χ4v) is 3.43. The molecule has 5 nitrogen and oxygen atoms in total. The van der Waals surface area contributed by atoms with E-state index in [1.807, 2.05) is 29.6 Å². The second-order valence-electron chi connectivity index (χ2n) is 5.51. The van der Waals surface area contributed by atoms with Crippen molar-refractivity contribution in [2.45, 2.75) is 6.42 Å². The van der Waals surface area contributed by atoms with E-state index < -0.39 is 0 Å². The number of hydrogen-bond acceptors (Lipinski definition) is 3. The third-order valence-electron chi connectivity index (χ3n) is 3.84. The van der Waals surface area contributed by atoms with Crippen LogP contribution in [-0.2, 0) is 11.2 Å². The quantitative estimate of drug-likeness (QED) is 0.857. The zero-order chi connectivity index (χ0) is 16.9. The van der Waals surface area contributed by atoms with Gasteiger partial charge in [-0.15, -0.1) is 11.3 Å². The van der Waals surface area contributed by atoms with Gasteiger partial charge in [-0.2, -0.15) is 0 Å². The van der Waals surface area contributed by atoms with Gasteiger partial charge in [-0.3, -0.25) is 9.69 Å². The van der Waals surface area contributed by atoms with E-state index in [2.05, 4.69) is 5.32 Å². The molecule has 0 radical (unpaired) electrons. The van der Waals surface area contributed by atoms with E-state index in [-0.39, 0.29) is 18.5 Å². The molecule has 1 aliphatic heterocycles. The first-order chi connectivity index (χ1) is 11.6. The summed E-state index contributed by atoms with van der Waals surface area (Å²) in [5.41, 5.74) is 0.796. The monoisotopic (exact) mass is 363 g/mol. The molecule has 1 aromatic heterocycles. The van der Waals surface area contributed by atoms with Crippen LogP contribution in [0.1, 0.15) is 4.88 Å². The van der Waals surface area contributed by atoms with Crippen LogP contribution in [-0.4, -0.2) is 43.0 Å². The van der Waals surface area contributed by atoms with Gasteiger partial charge in [0, 0.05) is 35.2 Å². The van der Waals surface area contributed by atoms with Gasteiger partial charge >= 0.3 is 6.03 Å². The van der Waals surface area contributed by atoms with Gasteiger partial charge in [-0.05, 0) is 42.1 Å².